The quantitative estimate of drug-likeness (QED) is 0.441. The molecule has 0 amide bonds. The van der Waals surface area contributed by atoms with Gasteiger partial charge in [-0.2, -0.15) is 13.2 Å². The van der Waals surface area contributed by atoms with Crippen LogP contribution < -0.4 is 4.90 Å². The number of carbonyl (C=O) groups is 1. The molecule has 1 aromatic rings. The third-order valence-corrected chi connectivity index (χ3v) is 8.78. The van der Waals surface area contributed by atoms with E-state index in [1.165, 1.54) is 19.1 Å². The monoisotopic (exact) mass is 508 g/mol. The van der Waals surface area contributed by atoms with E-state index in [2.05, 4.69) is 24.8 Å². The Hall–Kier alpha value is -2.06. The van der Waals surface area contributed by atoms with Crippen molar-refractivity contribution >= 4 is 11.7 Å². The van der Waals surface area contributed by atoms with Crippen LogP contribution in [0.3, 0.4) is 0 Å². The minimum Gasteiger partial charge on any atom is -0.458 e. The number of esters is 1. The molecule has 1 heterocycles. The summed E-state index contributed by atoms with van der Waals surface area (Å²) in [5.74, 6) is 0.496. The lowest BCUT2D eigenvalue weighted by molar-refractivity contribution is -0.159. The van der Waals surface area contributed by atoms with Gasteiger partial charge in [-0.1, -0.05) is 26.0 Å². The number of piperazine rings is 1. The van der Waals surface area contributed by atoms with E-state index in [0.717, 1.165) is 44.1 Å². The molecule has 5 nitrogen and oxygen atoms in total. The number of rotatable bonds is 5. The average Bonchev–Trinajstić information content (AvgIpc) is 2.81. The van der Waals surface area contributed by atoms with Crippen molar-refractivity contribution in [3.63, 3.8) is 0 Å². The molecule has 0 radical (unpaired) electrons. The van der Waals surface area contributed by atoms with Gasteiger partial charge in [-0.25, -0.2) is 0 Å². The van der Waals surface area contributed by atoms with E-state index in [9.17, 15) is 23.1 Å². The van der Waals surface area contributed by atoms with E-state index in [4.69, 9.17) is 4.74 Å². The molecule has 8 heteroatoms. The molecule has 3 aliphatic rings. The van der Waals surface area contributed by atoms with Gasteiger partial charge in [-0.3, -0.25) is 9.69 Å². The Morgan fingerprint density at radius 1 is 1.22 bits per heavy atom. The summed E-state index contributed by atoms with van der Waals surface area (Å²) in [5, 5.41) is 11.8. The van der Waals surface area contributed by atoms with Crippen LogP contribution in [0.4, 0.5) is 18.9 Å². The zero-order chi connectivity index (χ0) is 26.3. The number of ether oxygens (including phenoxy) is 1. The normalized spacial score (nSPS) is 32.4. The fraction of sp³-hybridized carbons (Fsp3) is 0.679. The summed E-state index contributed by atoms with van der Waals surface area (Å²) in [7, 11) is 0. The molecule has 0 aromatic heterocycles. The van der Waals surface area contributed by atoms with Gasteiger partial charge in [0.1, 0.15) is 6.10 Å². The minimum atomic E-state index is -4.34. The number of hydrogen-bond acceptors (Lipinski definition) is 5. The smallest absolute Gasteiger partial charge is 0.416 e. The number of anilines is 1. The number of nitrogens with zero attached hydrogens (tertiary/aromatic N) is 2. The Morgan fingerprint density at radius 3 is 2.56 bits per heavy atom. The zero-order valence-corrected chi connectivity index (χ0v) is 21.7. The second kappa shape index (κ2) is 10.4. The van der Waals surface area contributed by atoms with Gasteiger partial charge < -0.3 is 14.7 Å². The van der Waals surface area contributed by atoms with Crippen LogP contribution in [0.2, 0.25) is 0 Å². The van der Waals surface area contributed by atoms with Crippen LogP contribution in [0.1, 0.15) is 52.5 Å². The highest BCUT2D eigenvalue weighted by Gasteiger charge is 2.52. The van der Waals surface area contributed by atoms with Crippen molar-refractivity contribution in [1.82, 2.24) is 4.90 Å². The molecule has 0 unspecified atom stereocenters. The highest BCUT2D eigenvalue weighted by Crippen LogP contribution is 2.51. The summed E-state index contributed by atoms with van der Waals surface area (Å²) >= 11 is 0. The lowest BCUT2D eigenvalue weighted by Gasteiger charge is -2.53. The Balaban J connectivity index is 1.39. The topological polar surface area (TPSA) is 53.0 Å². The number of aliphatic hydroxyl groups is 1. The fourth-order valence-electron chi connectivity index (χ4n) is 6.61. The Kier molecular flexibility index (Phi) is 7.77. The predicted molar refractivity (Wildman–Crippen MR) is 134 cm³/mol. The van der Waals surface area contributed by atoms with E-state index in [0.29, 0.717) is 37.0 Å². The first-order valence-corrected chi connectivity index (χ1v) is 13.1. The molecular formula is C28H39F3N2O3. The van der Waals surface area contributed by atoms with Crippen LogP contribution >= 0.6 is 0 Å². The van der Waals surface area contributed by atoms with Crippen LogP contribution in [0.5, 0.6) is 0 Å². The third-order valence-electron chi connectivity index (χ3n) is 8.78. The molecule has 4 rings (SSSR count). The fourth-order valence-corrected chi connectivity index (χ4v) is 6.61. The predicted octanol–water partition coefficient (Wildman–Crippen LogP) is 5.14. The number of carbonyl (C=O) groups excluding carboxylic acids is 1. The molecule has 2 fully saturated rings. The SMILES string of the molecule is CC(=O)O[C@@H]1C[C@@]2(O)[C@H](C)CC[C@@H]([C@H](C)CN3CCN(c4cccc(C(F)(F)F)c4)CC3)[C@H]2C=C1C. The van der Waals surface area contributed by atoms with Gasteiger partial charge in [-0.15, -0.1) is 0 Å². The maximum absolute atomic E-state index is 13.1. The second-order valence-corrected chi connectivity index (χ2v) is 11.2. The maximum Gasteiger partial charge on any atom is 0.416 e. The number of halogens is 3. The zero-order valence-electron chi connectivity index (χ0n) is 21.7. The van der Waals surface area contributed by atoms with Crippen molar-refractivity contribution in [2.75, 3.05) is 37.6 Å². The van der Waals surface area contributed by atoms with Crippen LogP contribution in [0, 0.1) is 23.7 Å². The second-order valence-electron chi connectivity index (χ2n) is 11.2. The average molecular weight is 509 g/mol. The first-order chi connectivity index (χ1) is 16.9. The molecule has 6 atom stereocenters. The molecule has 1 aromatic carbocycles. The molecule has 1 saturated heterocycles. The highest BCUT2D eigenvalue weighted by molar-refractivity contribution is 5.66. The van der Waals surface area contributed by atoms with Crippen LogP contribution in [0.15, 0.2) is 35.9 Å². The van der Waals surface area contributed by atoms with Gasteiger partial charge in [0.25, 0.3) is 0 Å². The largest absolute Gasteiger partial charge is 0.458 e. The molecule has 1 saturated carbocycles. The molecule has 0 bridgehead atoms. The van der Waals surface area contributed by atoms with Gasteiger partial charge >= 0.3 is 12.1 Å². The molecule has 2 aliphatic carbocycles. The molecule has 36 heavy (non-hydrogen) atoms. The van der Waals surface area contributed by atoms with Gasteiger partial charge in [0.15, 0.2) is 0 Å². The molecular weight excluding hydrogens is 469 g/mol. The van der Waals surface area contributed by atoms with Crippen molar-refractivity contribution in [2.24, 2.45) is 23.7 Å². The Bertz CT molecular complexity index is 973. The molecule has 200 valence electrons. The molecule has 0 spiro atoms. The summed E-state index contributed by atoms with van der Waals surface area (Å²) < 4.78 is 44.9. The van der Waals surface area contributed by atoms with Crippen LogP contribution in [-0.4, -0.2) is 60.4 Å². The van der Waals surface area contributed by atoms with Crippen molar-refractivity contribution in [3.05, 3.63) is 41.5 Å². The summed E-state index contributed by atoms with van der Waals surface area (Å²) in [6, 6.07) is 5.58. The minimum absolute atomic E-state index is 0.0226. The van der Waals surface area contributed by atoms with Crippen LogP contribution in [-0.2, 0) is 15.7 Å². The van der Waals surface area contributed by atoms with E-state index >= 15 is 0 Å². The highest BCUT2D eigenvalue weighted by atomic mass is 19.4. The van der Waals surface area contributed by atoms with E-state index in [1.807, 2.05) is 11.8 Å². The van der Waals surface area contributed by atoms with Gasteiger partial charge in [-0.05, 0) is 61.3 Å². The van der Waals surface area contributed by atoms with Gasteiger partial charge in [0, 0.05) is 57.7 Å². The van der Waals surface area contributed by atoms with Crippen molar-refractivity contribution in [1.29, 1.82) is 0 Å². The Labute approximate surface area is 212 Å². The number of benzene rings is 1. The van der Waals surface area contributed by atoms with Crippen molar-refractivity contribution < 1.29 is 27.8 Å². The van der Waals surface area contributed by atoms with E-state index < -0.39 is 17.3 Å². The first kappa shape index (κ1) is 27.0. The van der Waals surface area contributed by atoms with E-state index in [-0.39, 0.29) is 23.9 Å². The number of fused-ring (bicyclic) bond motifs is 1. The summed E-state index contributed by atoms with van der Waals surface area (Å²) in [6.07, 6.45) is -0.133. The van der Waals surface area contributed by atoms with Gasteiger partial charge in [0.05, 0.1) is 11.2 Å². The first-order valence-electron chi connectivity index (χ1n) is 13.1. The lowest BCUT2D eigenvalue weighted by atomic mass is 9.57. The Morgan fingerprint density at radius 2 is 1.92 bits per heavy atom. The lowest BCUT2D eigenvalue weighted by Crippen LogP contribution is -2.56. The van der Waals surface area contributed by atoms with E-state index in [1.54, 1.807) is 6.07 Å². The third kappa shape index (κ3) is 5.59. The number of hydrogen-bond donors (Lipinski definition) is 1. The van der Waals surface area contributed by atoms with Crippen LogP contribution in [0.25, 0.3) is 0 Å². The molecule has 1 N–H and O–H groups in total. The summed E-state index contributed by atoms with van der Waals surface area (Å²) in [5.41, 5.74) is 0.135. The van der Waals surface area contributed by atoms with Crippen molar-refractivity contribution in [3.8, 4) is 0 Å². The standard InChI is InChI=1S/C28H39F3N2O3/c1-18-14-25-24(9-8-20(3)27(25,35)16-26(18)36-21(4)34)19(2)17-32-10-12-33(13-11-32)23-7-5-6-22(15-23)28(29,30)31/h5-7,14-15,19-20,24-26,35H,8-13,16-17H2,1-4H3/t19-,20-,24+,25-,26-,27-/m1/s1. The molecule has 1 aliphatic heterocycles. The van der Waals surface area contributed by atoms with Gasteiger partial charge in [0.2, 0.25) is 0 Å². The van der Waals surface area contributed by atoms with Crippen molar-refractivity contribution in [2.45, 2.75) is 64.8 Å². The summed E-state index contributed by atoms with van der Waals surface area (Å²) in [4.78, 5) is 16.0. The number of alkyl halides is 3. The maximum atomic E-state index is 13.1. The summed E-state index contributed by atoms with van der Waals surface area (Å²) in [6.45, 7) is 11.6.